The van der Waals surface area contributed by atoms with Gasteiger partial charge in [-0.05, 0) is 25.8 Å². The number of carbonyl (C=O) groups excluding carboxylic acids is 1. The van der Waals surface area contributed by atoms with Crippen LogP contribution in [0.2, 0.25) is 0 Å². The number of ether oxygens (including phenoxy) is 1. The van der Waals surface area contributed by atoms with Gasteiger partial charge in [0.1, 0.15) is 11.8 Å². The van der Waals surface area contributed by atoms with Crippen molar-refractivity contribution in [2.45, 2.75) is 31.8 Å². The zero-order valence-electron chi connectivity index (χ0n) is 11.1. The van der Waals surface area contributed by atoms with Gasteiger partial charge in [-0.2, -0.15) is 0 Å². The molecule has 0 aliphatic carbocycles. The maximum Gasteiger partial charge on any atom is 0.239 e. The van der Waals surface area contributed by atoms with Crippen LogP contribution in [0.4, 0.5) is 0 Å². The number of hydrogen-bond acceptors (Lipinski definition) is 4. The number of fused-ring (bicyclic) bond motifs is 1. The van der Waals surface area contributed by atoms with Crippen LogP contribution in [0.1, 0.15) is 30.0 Å². The van der Waals surface area contributed by atoms with E-state index in [9.17, 15) is 4.79 Å². The van der Waals surface area contributed by atoms with E-state index in [1.54, 1.807) is 0 Å². The van der Waals surface area contributed by atoms with Gasteiger partial charge in [-0.15, -0.1) is 0 Å². The monoisotopic (exact) mass is 264 g/mol. The van der Waals surface area contributed by atoms with E-state index >= 15 is 0 Å². The maximum absolute atomic E-state index is 11.8. The number of nitrogens with two attached hydrogens (primary N) is 1. The third kappa shape index (κ3) is 3.24. The Kier molecular flexibility index (Phi) is 4.39. The molecule has 2 unspecified atom stereocenters. The number of aliphatic hydroxyl groups is 1. The van der Waals surface area contributed by atoms with Gasteiger partial charge in [0.2, 0.25) is 5.91 Å². The molecule has 2 rings (SSSR count). The van der Waals surface area contributed by atoms with Crippen LogP contribution in [-0.4, -0.2) is 30.3 Å². The topological polar surface area (TPSA) is 84.6 Å². The van der Waals surface area contributed by atoms with Gasteiger partial charge in [0.25, 0.3) is 0 Å². The number of benzene rings is 1. The molecule has 0 radical (unpaired) electrons. The van der Waals surface area contributed by atoms with Gasteiger partial charge >= 0.3 is 0 Å². The van der Waals surface area contributed by atoms with Crippen molar-refractivity contribution in [1.29, 1.82) is 0 Å². The molecule has 1 aromatic carbocycles. The van der Waals surface area contributed by atoms with Crippen molar-refractivity contribution in [3.63, 3.8) is 0 Å². The molecular weight excluding hydrogens is 244 g/mol. The Balaban J connectivity index is 2.21. The smallest absolute Gasteiger partial charge is 0.239 e. The first-order valence-corrected chi connectivity index (χ1v) is 6.52. The Morgan fingerprint density at radius 3 is 3.16 bits per heavy atom. The van der Waals surface area contributed by atoms with E-state index in [2.05, 4.69) is 5.32 Å². The van der Waals surface area contributed by atoms with Gasteiger partial charge in [0.15, 0.2) is 0 Å². The summed E-state index contributed by atoms with van der Waals surface area (Å²) >= 11 is 0. The number of hydrogen-bond donors (Lipinski definition) is 3. The van der Waals surface area contributed by atoms with Crippen LogP contribution in [0, 0.1) is 6.92 Å². The molecule has 5 heteroatoms. The van der Waals surface area contributed by atoms with Gasteiger partial charge in [0, 0.05) is 5.56 Å². The lowest BCUT2D eigenvalue weighted by atomic mass is 9.99. The second kappa shape index (κ2) is 6.04. The minimum atomic E-state index is -0.877. The average Bonchev–Trinajstić information content (AvgIpc) is 2.60. The molecule has 0 bridgehead atoms. The highest BCUT2D eigenvalue weighted by molar-refractivity contribution is 5.82. The summed E-state index contributed by atoms with van der Waals surface area (Å²) in [7, 11) is 0. The van der Waals surface area contributed by atoms with Crippen LogP contribution in [-0.2, 0) is 4.79 Å². The molecule has 0 aromatic heterocycles. The van der Waals surface area contributed by atoms with Crippen LogP contribution in [0.3, 0.4) is 0 Å². The molecule has 1 amide bonds. The van der Waals surface area contributed by atoms with Crippen molar-refractivity contribution in [1.82, 2.24) is 5.32 Å². The van der Waals surface area contributed by atoms with Crippen molar-refractivity contribution in [2.24, 2.45) is 5.73 Å². The van der Waals surface area contributed by atoms with Crippen molar-refractivity contribution < 1.29 is 14.6 Å². The third-order valence-corrected chi connectivity index (χ3v) is 3.29. The van der Waals surface area contributed by atoms with Crippen LogP contribution >= 0.6 is 0 Å². The number of amides is 1. The molecule has 1 aromatic rings. The maximum atomic E-state index is 11.8. The molecule has 1 aliphatic rings. The molecule has 104 valence electrons. The normalized spacial score (nSPS) is 19.8. The zero-order chi connectivity index (χ0) is 13.8. The summed E-state index contributed by atoms with van der Waals surface area (Å²) in [5.41, 5.74) is 7.63. The summed E-state index contributed by atoms with van der Waals surface area (Å²) in [6.45, 7) is 2.30. The quantitative estimate of drug-likeness (QED) is 0.748. The first-order valence-electron chi connectivity index (χ1n) is 6.52. The average molecular weight is 264 g/mol. The molecule has 1 heterocycles. The molecule has 2 atom stereocenters. The summed E-state index contributed by atoms with van der Waals surface area (Å²) in [4.78, 5) is 11.8. The van der Waals surface area contributed by atoms with E-state index in [1.165, 1.54) is 0 Å². The molecule has 4 N–H and O–H groups in total. The largest absolute Gasteiger partial charge is 0.493 e. The summed E-state index contributed by atoms with van der Waals surface area (Å²) in [5.74, 6) is 0.479. The van der Waals surface area contributed by atoms with Crippen LogP contribution in [0.15, 0.2) is 18.2 Å². The molecule has 0 saturated heterocycles. The van der Waals surface area contributed by atoms with Crippen molar-refractivity contribution in [2.75, 3.05) is 13.2 Å². The molecule has 19 heavy (non-hydrogen) atoms. The fourth-order valence-corrected chi connectivity index (χ4v) is 2.21. The second-order valence-corrected chi connectivity index (χ2v) is 4.88. The molecule has 5 nitrogen and oxygen atoms in total. The zero-order valence-corrected chi connectivity index (χ0v) is 11.1. The number of rotatable bonds is 3. The lowest BCUT2D eigenvalue weighted by Gasteiger charge is -2.20. The van der Waals surface area contributed by atoms with Crippen LogP contribution in [0.25, 0.3) is 0 Å². The van der Waals surface area contributed by atoms with Gasteiger partial charge in [-0.1, -0.05) is 17.7 Å². The van der Waals surface area contributed by atoms with E-state index in [-0.39, 0.29) is 18.6 Å². The summed E-state index contributed by atoms with van der Waals surface area (Å²) < 4.78 is 5.67. The predicted molar refractivity (Wildman–Crippen MR) is 71.9 cm³/mol. The summed E-state index contributed by atoms with van der Waals surface area (Å²) in [6.07, 6.45) is 1.67. The van der Waals surface area contributed by atoms with Crippen molar-refractivity contribution >= 4 is 5.91 Å². The SMILES string of the molecule is Cc1ccc2c(c1)C(NC(=O)C(N)CO)CCCO2. The van der Waals surface area contributed by atoms with Crippen molar-refractivity contribution in [3.05, 3.63) is 29.3 Å². The van der Waals surface area contributed by atoms with Gasteiger partial charge in [-0.25, -0.2) is 0 Å². The molecule has 0 spiro atoms. The van der Waals surface area contributed by atoms with E-state index in [0.29, 0.717) is 6.61 Å². The number of aliphatic hydroxyl groups excluding tert-OH is 1. The Morgan fingerprint density at radius 2 is 2.42 bits per heavy atom. The Hall–Kier alpha value is -1.59. The van der Waals surface area contributed by atoms with Crippen LogP contribution in [0.5, 0.6) is 5.75 Å². The lowest BCUT2D eigenvalue weighted by Crippen LogP contribution is -2.44. The first kappa shape index (κ1) is 13.8. The lowest BCUT2D eigenvalue weighted by molar-refractivity contribution is -0.123. The molecule has 0 saturated carbocycles. The highest BCUT2D eigenvalue weighted by atomic mass is 16.5. The fourth-order valence-electron chi connectivity index (χ4n) is 2.21. The molecule has 1 aliphatic heterocycles. The molecular formula is C14H20N2O3. The van der Waals surface area contributed by atoms with Crippen molar-refractivity contribution in [3.8, 4) is 5.75 Å². The van der Waals surface area contributed by atoms with E-state index < -0.39 is 6.04 Å². The Morgan fingerprint density at radius 1 is 1.63 bits per heavy atom. The minimum Gasteiger partial charge on any atom is -0.493 e. The predicted octanol–water partition coefficient (Wildman–Crippen LogP) is 0.645. The van der Waals surface area contributed by atoms with E-state index in [0.717, 1.165) is 29.7 Å². The number of nitrogens with one attached hydrogen (secondary N) is 1. The van der Waals surface area contributed by atoms with E-state index in [1.807, 2.05) is 25.1 Å². The Bertz CT molecular complexity index is 462. The van der Waals surface area contributed by atoms with Crippen LogP contribution < -0.4 is 15.8 Å². The first-order chi connectivity index (χ1) is 9.11. The highest BCUT2D eigenvalue weighted by Crippen LogP contribution is 2.32. The third-order valence-electron chi connectivity index (χ3n) is 3.29. The number of aryl methyl sites for hydroxylation is 1. The van der Waals surface area contributed by atoms with Gasteiger partial charge in [-0.3, -0.25) is 4.79 Å². The molecule has 0 fully saturated rings. The Labute approximate surface area is 112 Å². The standard InChI is InChI=1S/C14H20N2O3/c1-9-4-5-13-10(7-9)12(3-2-6-19-13)16-14(18)11(15)8-17/h4-5,7,11-12,17H,2-3,6,8,15H2,1H3,(H,16,18). The minimum absolute atomic E-state index is 0.109. The van der Waals surface area contributed by atoms with Gasteiger partial charge < -0.3 is 20.9 Å². The highest BCUT2D eigenvalue weighted by Gasteiger charge is 2.23. The van der Waals surface area contributed by atoms with Gasteiger partial charge in [0.05, 0.1) is 19.3 Å². The summed E-state index contributed by atoms with van der Waals surface area (Å²) in [5, 5.41) is 11.8. The summed E-state index contributed by atoms with van der Waals surface area (Å²) in [6, 6.07) is 4.96. The fraction of sp³-hybridized carbons (Fsp3) is 0.500. The second-order valence-electron chi connectivity index (χ2n) is 4.88. The van der Waals surface area contributed by atoms with E-state index in [4.69, 9.17) is 15.6 Å². The number of carbonyl (C=O) groups is 1.